The molecule has 112 valence electrons. The Morgan fingerprint density at radius 2 is 2.00 bits per heavy atom. The van der Waals surface area contributed by atoms with Gasteiger partial charge >= 0.3 is 12.1 Å². The summed E-state index contributed by atoms with van der Waals surface area (Å²) in [6, 6.07) is 8.99. The fraction of sp³-hybridized carbons (Fsp3) is 0.286. The summed E-state index contributed by atoms with van der Waals surface area (Å²) in [5.74, 6) is -1.05. The van der Waals surface area contributed by atoms with Crippen molar-refractivity contribution in [3.8, 4) is 0 Å². The number of aromatic nitrogens is 2. The zero-order chi connectivity index (χ0) is 15.5. The molecule has 2 aromatic rings. The number of hydrogen-bond acceptors (Lipinski definition) is 3. The molecule has 21 heavy (non-hydrogen) atoms. The lowest BCUT2D eigenvalue weighted by molar-refractivity contribution is -0.161. The third-order valence-corrected chi connectivity index (χ3v) is 2.94. The van der Waals surface area contributed by atoms with Gasteiger partial charge in [0.25, 0.3) is 0 Å². The van der Waals surface area contributed by atoms with Crippen molar-refractivity contribution in [2.75, 3.05) is 6.61 Å². The van der Waals surface area contributed by atoms with E-state index >= 15 is 0 Å². The zero-order valence-electron chi connectivity index (χ0n) is 11.2. The van der Waals surface area contributed by atoms with Gasteiger partial charge in [-0.3, -0.25) is 0 Å². The van der Waals surface area contributed by atoms with E-state index in [1.807, 2.05) is 37.3 Å². The maximum absolute atomic E-state index is 12.1. The highest BCUT2D eigenvalue weighted by molar-refractivity contribution is 5.87. The van der Waals surface area contributed by atoms with Crippen molar-refractivity contribution in [2.45, 2.75) is 19.1 Å². The predicted molar refractivity (Wildman–Crippen MR) is 68.8 cm³/mol. The second-order valence-corrected chi connectivity index (χ2v) is 4.46. The lowest BCUT2D eigenvalue weighted by atomic mass is 10.1. The number of hydrogen-bond donors (Lipinski definition) is 0. The van der Waals surface area contributed by atoms with Crippen LogP contribution in [0.4, 0.5) is 13.2 Å². The molecule has 0 unspecified atom stereocenters. The third-order valence-electron chi connectivity index (χ3n) is 2.94. The van der Waals surface area contributed by atoms with Gasteiger partial charge < -0.3 is 9.30 Å². The van der Waals surface area contributed by atoms with Crippen molar-refractivity contribution >= 4 is 5.97 Å². The van der Waals surface area contributed by atoms with E-state index in [0.29, 0.717) is 0 Å². The van der Waals surface area contributed by atoms with E-state index in [1.165, 1.54) is 17.1 Å². The van der Waals surface area contributed by atoms with Gasteiger partial charge in [0.1, 0.15) is 5.69 Å². The molecule has 0 amide bonds. The summed E-state index contributed by atoms with van der Waals surface area (Å²) in [5.41, 5.74) is 0.885. The first kappa shape index (κ1) is 15.1. The molecule has 0 aliphatic rings. The van der Waals surface area contributed by atoms with E-state index in [1.54, 1.807) is 0 Å². The molecule has 0 saturated carbocycles. The molecule has 7 heteroatoms. The predicted octanol–water partition coefficient (Wildman–Crippen LogP) is 3.21. The minimum absolute atomic E-state index is 0.0180. The molecule has 0 radical (unpaired) electrons. The maximum atomic E-state index is 12.1. The molecule has 0 fully saturated rings. The molecule has 0 spiro atoms. The third kappa shape index (κ3) is 3.84. The molecule has 0 N–H and O–H groups in total. The quantitative estimate of drug-likeness (QED) is 0.814. The van der Waals surface area contributed by atoms with Gasteiger partial charge in [0.05, 0.1) is 18.6 Å². The molecular formula is C14H13F3N2O2. The number of esters is 1. The van der Waals surface area contributed by atoms with E-state index < -0.39 is 18.8 Å². The fourth-order valence-corrected chi connectivity index (χ4v) is 1.88. The van der Waals surface area contributed by atoms with Gasteiger partial charge in [-0.25, -0.2) is 9.78 Å². The molecule has 2 rings (SSSR count). The van der Waals surface area contributed by atoms with Crippen molar-refractivity contribution in [3.05, 3.63) is 54.1 Å². The van der Waals surface area contributed by atoms with E-state index in [9.17, 15) is 18.0 Å². The Kier molecular flexibility index (Phi) is 4.30. The van der Waals surface area contributed by atoms with Gasteiger partial charge in [-0.2, -0.15) is 13.2 Å². The van der Waals surface area contributed by atoms with Crippen LogP contribution in [0.15, 0.2) is 42.9 Å². The van der Waals surface area contributed by atoms with Gasteiger partial charge in [0.15, 0.2) is 6.61 Å². The molecule has 0 aliphatic heterocycles. The minimum atomic E-state index is -4.55. The largest absolute Gasteiger partial charge is 0.451 e. The highest BCUT2D eigenvalue weighted by atomic mass is 19.4. The minimum Gasteiger partial charge on any atom is -0.451 e. The van der Waals surface area contributed by atoms with Crippen LogP contribution in [0.1, 0.15) is 29.0 Å². The van der Waals surface area contributed by atoms with Gasteiger partial charge in [-0.05, 0) is 12.5 Å². The number of ether oxygens (including phenoxy) is 1. The highest BCUT2D eigenvalue weighted by Crippen LogP contribution is 2.21. The van der Waals surface area contributed by atoms with E-state index in [-0.39, 0.29) is 11.7 Å². The highest BCUT2D eigenvalue weighted by Gasteiger charge is 2.30. The van der Waals surface area contributed by atoms with E-state index in [4.69, 9.17) is 0 Å². The van der Waals surface area contributed by atoms with Gasteiger partial charge in [0.2, 0.25) is 0 Å². The smallest absolute Gasteiger partial charge is 0.422 e. The van der Waals surface area contributed by atoms with E-state index in [0.717, 1.165) is 5.56 Å². The monoisotopic (exact) mass is 298 g/mol. The maximum Gasteiger partial charge on any atom is 0.422 e. The molecule has 1 heterocycles. The topological polar surface area (TPSA) is 44.1 Å². The molecule has 1 aromatic carbocycles. The van der Waals surface area contributed by atoms with Crippen LogP contribution in [0.25, 0.3) is 0 Å². The molecule has 0 saturated heterocycles. The lowest BCUT2D eigenvalue weighted by Gasteiger charge is -2.16. The van der Waals surface area contributed by atoms with Crippen LogP contribution in [-0.4, -0.2) is 28.3 Å². The lowest BCUT2D eigenvalue weighted by Crippen LogP contribution is -2.22. The number of carbonyl (C=O) groups is 1. The van der Waals surface area contributed by atoms with E-state index in [2.05, 4.69) is 9.72 Å². The Hall–Kier alpha value is -2.31. The molecule has 1 atom stereocenters. The van der Waals surface area contributed by atoms with Gasteiger partial charge in [-0.1, -0.05) is 30.3 Å². The summed E-state index contributed by atoms with van der Waals surface area (Å²) < 4.78 is 42.0. The normalized spacial score (nSPS) is 13.0. The zero-order valence-corrected chi connectivity index (χ0v) is 11.2. The SMILES string of the molecule is C[C@H](c1ccccc1)n1cncc1C(=O)OCC(F)(F)F. The van der Waals surface area contributed by atoms with Crippen LogP contribution >= 0.6 is 0 Å². The summed E-state index contributed by atoms with van der Waals surface area (Å²) in [4.78, 5) is 15.5. The van der Waals surface area contributed by atoms with Crippen LogP contribution in [0.3, 0.4) is 0 Å². The first-order valence-corrected chi connectivity index (χ1v) is 6.19. The Morgan fingerprint density at radius 1 is 1.33 bits per heavy atom. The van der Waals surface area contributed by atoms with Crippen molar-refractivity contribution < 1.29 is 22.7 Å². The standard InChI is InChI=1S/C14H13F3N2O2/c1-10(11-5-3-2-4-6-11)19-9-18-7-12(19)13(20)21-8-14(15,16)17/h2-7,9-10H,8H2,1H3/t10-/m1/s1. The number of halogens is 3. The second-order valence-electron chi connectivity index (χ2n) is 4.46. The Balaban J connectivity index is 2.17. The van der Waals surface area contributed by atoms with Crippen molar-refractivity contribution in [1.29, 1.82) is 0 Å². The number of alkyl halides is 3. The Labute approximate surface area is 119 Å². The van der Waals surface area contributed by atoms with Gasteiger partial charge in [0, 0.05) is 0 Å². The fourth-order valence-electron chi connectivity index (χ4n) is 1.88. The molecule has 4 nitrogen and oxygen atoms in total. The second kappa shape index (κ2) is 5.99. The number of benzene rings is 1. The summed E-state index contributed by atoms with van der Waals surface area (Å²) in [7, 11) is 0. The molecule has 0 bridgehead atoms. The van der Waals surface area contributed by atoms with Crippen LogP contribution in [0.2, 0.25) is 0 Å². The number of nitrogens with zero attached hydrogens (tertiary/aromatic N) is 2. The number of imidazole rings is 1. The molecule has 0 aliphatic carbocycles. The van der Waals surface area contributed by atoms with Crippen molar-refractivity contribution in [1.82, 2.24) is 9.55 Å². The van der Waals surface area contributed by atoms with Crippen LogP contribution in [0.5, 0.6) is 0 Å². The summed E-state index contributed by atoms with van der Waals surface area (Å²) in [6.45, 7) is 0.203. The first-order valence-electron chi connectivity index (χ1n) is 6.19. The number of rotatable bonds is 4. The first-order chi connectivity index (χ1) is 9.88. The summed E-state index contributed by atoms with van der Waals surface area (Å²) in [6.07, 6.45) is -1.97. The van der Waals surface area contributed by atoms with Gasteiger partial charge in [-0.15, -0.1) is 0 Å². The Morgan fingerprint density at radius 3 is 2.62 bits per heavy atom. The van der Waals surface area contributed by atoms with Crippen LogP contribution in [0, 0.1) is 0 Å². The van der Waals surface area contributed by atoms with Crippen molar-refractivity contribution in [3.63, 3.8) is 0 Å². The summed E-state index contributed by atoms with van der Waals surface area (Å²) in [5, 5.41) is 0. The molecule has 1 aromatic heterocycles. The Bertz CT molecular complexity index is 608. The molecular weight excluding hydrogens is 285 g/mol. The average molecular weight is 298 g/mol. The van der Waals surface area contributed by atoms with Crippen molar-refractivity contribution in [2.24, 2.45) is 0 Å². The summed E-state index contributed by atoms with van der Waals surface area (Å²) >= 11 is 0. The van der Waals surface area contributed by atoms with Crippen LogP contribution < -0.4 is 0 Å². The number of carbonyl (C=O) groups excluding carboxylic acids is 1. The van der Waals surface area contributed by atoms with Crippen LogP contribution in [-0.2, 0) is 4.74 Å². The average Bonchev–Trinajstić information content (AvgIpc) is 2.93.